The van der Waals surface area contributed by atoms with Crippen molar-refractivity contribution in [2.24, 2.45) is 5.73 Å². The van der Waals surface area contributed by atoms with Crippen molar-refractivity contribution < 1.29 is 14.3 Å². The molecule has 3 N–H and O–H groups in total. The van der Waals surface area contributed by atoms with Crippen molar-refractivity contribution in [2.75, 3.05) is 13.1 Å². The van der Waals surface area contributed by atoms with E-state index in [1.165, 1.54) is 11.3 Å². The third-order valence-corrected chi connectivity index (χ3v) is 4.38. The predicted octanol–water partition coefficient (Wildman–Crippen LogP) is 1.39. The van der Waals surface area contributed by atoms with Gasteiger partial charge in [0.15, 0.2) is 10.8 Å². The average molecular weight is 293 g/mol. The number of likely N-dealkylation sites (tertiary alicyclic amines) is 1. The first-order chi connectivity index (χ1) is 9.57. The van der Waals surface area contributed by atoms with E-state index in [9.17, 15) is 4.79 Å². The number of nitrogens with two attached hydrogens (primary N) is 1. The minimum atomic E-state index is -1.13. The van der Waals surface area contributed by atoms with Crippen molar-refractivity contribution >= 4 is 17.3 Å². The molecular weight excluding hydrogens is 278 g/mol. The second kappa shape index (κ2) is 5.01. The van der Waals surface area contributed by atoms with Crippen LogP contribution >= 0.6 is 11.3 Å². The lowest BCUT2D eigenvalue weighted by Crippen LogP contribution is -2.50. The van der Waals surface area contributed by atoms with E-state index in [2.05, 4.69) is 4.98 Å². The Hall–Kier alpha value is -1.70. The van der Waals surface area contributed by atoms with Crippen molar-refractivity contribution in [3.8, 4) is 10.8 Å². The van der Waals surface area contributed by atoms with Crippen LogP contribution in [0.1, 0.15) is 12.1 Å². The summed E-state index contributed by atoms with van der Waals surface area (Å²) in [6.45, 7) is 1.65. The third kappa shape index (κ3) is 2.47. The molecule has 1 aliphatic rings. The molecule has 6 nitrogen and oxygen atoms in total. The summed E-state index contributed by atoms with van der Waals surface area (Å²) < 4.78 is 5.30. The van der Waals surface area contributed by atoms with Crippen LogP contribution in [0.2, 0.25) is 0 Å². The van der Waals surface area contributed by atoms with Crippen LogP contribution < -0.4 is 5.73 Å². The fourth-order valence-corrected chi connectivity index (χ4v) is 3.12. The van der Waals surface area contributed by atoms with E-state index in [0.29, 0.717) is 26.1 Å². The zero-order valence-corrected chi connectivity index (χ0v) is 11.6. The highest BCUT2D eigenvalue weighted by Gasteiger charge is 2.41. The van der Waals surface area contributed by atoms with Gasteiger partial charge in [-0.3, -0.25) is 9.69 Å². The molecular formula is C13H15N3O3S. The average Bonchev–Trinajstić information content (AvgIpc) is 3.10. The van der Waals surface area contributed by atoms with Gasteiger partial charge in [-0.15, -0.1) is 11.3 Å². The first kappa shape index (κ1) is 13.3. The number of nitrogens with zero attached hydrogens (tertiary/aromatic N) is 2. The van der Waals surface area contributed by atoms with Gasteiger partial charge >= 0.3 is 5.97 Å². The van der Waals surface area contributed by atoms with Crippen LogP contribution in [-0.4, -0.2) is 39.6 Å². The second-order valence-corrected chi connectivity index (χ2v) is 5.90. The second-order valence-electron chi connectivity index (χ2n) is 5.04. The normalized spacial score (nSPS) is 23.2. The summed E-state index contributed by atoms with van der Waals surface area (Å²) in [5, 5.41) is 11.9. The Balaban J connectivity index is 1.66. The number of aromatic nitrogens is 1. The van der Waals surface area contributed by atoms with Gasteiger partial charge in [0, 0.05) is 25.0 Å². The Morgan fingerprint density at radius 3 is 3.15 bits per heavy atom. The molecule has 0 saturated carbocycles. The van der Waals surface area contributed by atoms with Gasteiger partial charge in [0.25, 0.3) is 0 Å². The summed E-state index contributed by atoms with van der Waals surface area (Å²) in [4.78, 5) is 17.6. The SMILES string of the molecule is NC1(C(=O)O)CCN(Cc2csc(-c3ccco3)n2)C1. The maximum atomic E-state index is 11.1. The number of hydrogen-bond donors (Lipinski definition) is 2. The van der Waals surface area contributed by atoms with Crippen LogP contribution in [0.25, 0.3) is 10.8 Å². The smallest absolute Gasteiger partial charge is 0.325 e. The Morgan fingerprint density at radius 1 is 1.65 bits per heavy atom. The molecule has 1 aliphatic heterocycles. The fourth-order valence-electron chi connectivity index (χ4n) is 2.35. The predicted molar refractivity (Wildman–Crippen MR) is 74.3 cm³/mol. The lowest BCUT2D eigenvalue weighted by atomic mass is 10.0. The van der Waals surface area contributed by atoms with Crippen LogP contribution in [0.4, 0.5) is 0 Å². The van der Waals surface area contributed by atoms with Gasteiger partial charge in [-0.2, -0.15) is 0 Å². The molecule has 2 aromatic rings. The Bertz CT molecular complexity index is 610. The summed E-state index contributed by atoms with van der Waals surface area (Å²) in [6, 6.07) is 3.69. The maximum Gasteiger partial charge on any atom is 0.325 e. The zero-order chi connectivity index (χ0) is 14.2. The molecule has 2 aromatic heterocycles. The van der Waals surface area contributed by atoms with Crippen LogP contribution in [0.3, 0.4) is 0 Å². The molecule has 7 heteroatoms. The molecule has 0 radical (unpaired) electrons. The van der Waals surface area contributed by atoms with Crippen molar-refractivity contribution in [1.29, 1.82) is 0 Å². The quantitative estimate of drug-likeness (QED) is 0.885. The number of thiazole rings is 1. The van der Waals surface area contributed by atoms with Gasteiger partial charge in [-0.1, -0.05) is 0 Å². The Labute approximate surface area is 119 Å². The first-order valence-corrected chi connectivity index (χ1v) is 7.18. The van der Waals surface area contributed by atoms with Crippen molar-refractivity contribution in [3.63, 3.8) is 0 Å². The van der Waals surface area contributed by atoms with E-state index in [1.54, 1.807) is 6.26 Å². The number of furan rings is 1. The lowest BCUT2D eigenvalue weighted by Gasteiger charge is -2.19. The van der Waals surface area contributed by atoms with Crippen LogP contribution in [0.15, 0.2) is 28.2 Å². The zero-order valence-electron chi connectivity index (χ0n) is 10.8. The number of rotatable bonds is 4. The Morgan fingerprint density at radius 2 is 2.50 bits per heavy atom. The largest absolute Gasteiger partial charge is 0.480 e. The van der Waals surface area contributed by atoms with Crippen molar-refractivity contribution in [1.82, 2.24) is 9.88 Å². The minimum Gasteiger partial charge on any atom is -0.480 e. The van der Waals surface area contributed by atoms with E-state index < -0.39 is 11.5 Å². The third-order valence-electron chi connectivity index (χ3n) is 3.48. The molecule has 0 spiro atoms. The van der Waals surface area contributed by atoms with Crippen LogP contribution in [-0.2, 0) is 11.3 Å². The van der Waals surface area contributed by atoms with Crippen molar-refractivity contribution in [2.45, 2.75) is 18.5 Å². The van der Waals surface area contributed by atoms with Gasteiger partial charge < -0.3 is 15.3 Å². The number of hydrogen-bond acceptors (Lipinski definition) is 6. The van der Waals surface area contributed by atoms with Crippen LogP contribution in [0, 0.1) is 0 Å². The fraction of sp³-hybridized carbons (Fsp3) is 0.385. The van der Waals surface area contributed by atoms with E-state index in [1.807, 2.05) is 22.4 Å². The highest BCUT2D eigenvalue weighted by Crippen LogP contribution is 2.26. The number of carboxylic acids is 1. The molecule has 3 heterocycles. The summed E-state index contributed by atoms with van der Waals surface area (Å²) in [6.07, 6.45) is 2.09. The standard InChI is InChI=1S/C13H15N3O3S/c14-13(12(17)18)3-4-16(8-13)6-9-7-20-11(15-9)10-2-1-5-19-10/h1-2,5,7H,3-4,6,8,14H2,(H,17,18). The van der Waals surface area contributed by atoms with Gasteiger partial charge in [0.1, 0.15) is 5.54 Å². The van der Waals surface area contributed by atoms with E-state index in [-0.39, 0.29) is 0 Å². The molecule has 1 atom stereocenters. The number of carbonyl (C=O) groups is 1. The van der Waals surface area contributed by atoms with E-state index >= 15 is 0 Å². The molecule has 1 unspecified atom stereocenters. The molecule has 20 heavy (non-hydrogen) atoms. The molecule has 0 amide bonds. The first-order valence-electron chi connectivity index (χ1n) is 6.30. The lowest BCUT2D eigenvalue weighted by molar-refractivity contribution is -0.142. The summed E-state index contributed by atoms with van der Waals surface area (Å²) in [5.41, 5.74) is 5.64. The van der Waals surface area contributed by atoms with E-state index in [0.717, 1.165) is 16.5 Å². The maximum absolute atomic E-state index is 11.1. The summed E-state index contributed by atoms with van der Waals surface area (Å²) >= 11 is 1.52. The van der Waals surface area contributed by atoms with Gasteiger partial charge in [-0.25, -0.2) is 4.98 Å². The monoisotopic (exact) mass is 293 g/mol. The molecule has 0 aromatic carbocycles. The van der Waals surface area contributed by atoms with E-state index in [4.69, 9.17) is 15.3 Å². The van der Waals surface area contributed by atoms with Gasteiger partial charge in [-0.05, 0) is 18.6 Å². The highest BCUT2D eigenvalue weighted by atomic mass is 32.1. The number of aliphatic carboxylic acids is 1. The highest BCUT2D eigenvalue weighted by molar-refractivity contribution is 7.13. The molecule has 3 rings (SSSR count). The summed E-state index contributed by atoms with van der Waals surface area (Å²) in [7, 11) is 0. The van der Waals surface area contributed by atoms with Crippen LogP contribution in [0.5, 0.6) is 0 Å². The molecule has 1 fully saturated rings. The molecule has 106 valence electrons. The van der Waals surface area contributed by atoms with Crippen molar-refractivity contribution in [3.05, 3.63) is 29.5 Å². The molecule has 0 bridgehead atoms. The topological polar surface area (TPSA) is 92.6 Å². The van der Waals surface area contributed by atoms with Gasteiger partial charge in [0.2, 0.25) is 0 Å². The molecule has 0 aliphatic carbocycles. The van der Waals surface area contributed by atoms with Gasteiger partial charge in [0.05, 0.1) is 12.0 Å². The summed E-state index contributed by atoms with van der Waals surface area (Å²) in [5.74, 6) is -0.184. The number of carboxylic acid groups (broad SMARTS) is 1. The minimum absolute atomic E-state index is 0.357. The Kier molecular flexibility index (Phi) is 3.33. The molecule has 1 saturated heterocycles.